The third-order valence-electron chi connectivity index (χ3n) is 3.21. The average molecular weight is 284 g/mol. The van der Waals surface area contributed by atoms with Crippen molar-refractivity contribution in [2.45, 2.75) is 6.42 Å². The van der Waals surface area contributed by atoms with Crippen molar-refractivity contribution in [1.82, 2.24) is 9.55 Å². The number of aromatic nitrogens is 2. The number of fused-ring (bicyclic) bond motifs is 1. The average Bonchev–Trinajstić information content (AvgIpc) is 2.81. The smallest absolute Gasteiger partial charge is 0.206 e. The Morgan fingerprint density at radius 3 is 2.52 bits per heavy atom. The zero-order valence-electron chi connectivity index (χ0n) is 10.8. The molecule has 6 heteroatoms. The summed E-state index contributed by atoms with van der Waals surface area (Å²) in [6.45, 7) is 0. The Bertz CT molecular complexity index is 860. The van der Waals surface area contributed by atoms with Crippen LogP contribution in [0.2, 0.25) is 0 Å². The molecule has 0 radical (unpaired) electrons. The quantitative estimate of drug-likeness (QED) is 0.786. The highest BCUT2D eigenvalue weighted by molar-refractivity contribution is 5.81. The zero-order valence-corrected chi connectivity index (χ0v) is 10.8. The number of halogens is 2. The maximum atomic E-state index is 14.0. The van der Waals surface area contributed by atoms with E-state index < -0.39 is 11.6 Å². The van der Waals surface area contributed by atoms with Crippen molar-refractivity contribution in [3.63, 3.8) is 0 Å². The van der Waals surface area contributed by atoms with Gasteiger partial charge in [-0.05, 0) is 29.8 Å². The fourth-order valence-corrected chi connectivity index (χ4v) is 2.24. The van der Waals surface area contributed by atoms with Crippen LogP contribution >= 0.6 is 0 Å². The molecule has 2 N–H and O–H groups in total. The maximum Gasteiger partial charge on any atom is 0.206 e. The van der Waals surface area contributed by atoms with Crippen LogP contribution in [0.3, 0.4) is 0 Å². The van der Waals surface area contributed by atoms with Crippen LogP contribution < -0.4 is 5.73 Å². The summed E-state index contributed by atoms with van der Waals surface area (Å²) in [6, 6.07) is 11.3. The molecule has 0 fully saturated rings. The van der Waals surface area contributed by atoms with Crippen molar-refractivity contribution in [3.05, 3.63) is 53.6 Å². The summed E-state index contributed by atoms with van der Waals surface area (Å²) >= 11 is 0. The van der Waals surface area contributed by atoms with E-state index in [2.05, 4.69) is 4.98 Å². The SMILES string of the molecule is N#CCc1ccc(-n2c(N)nc3ccc(F)c(F)c32)cc1. The van der Waals surface area contributed by atoms with Gasteiger partial charge in [-0.3, -0.25) is 4.57 Å². The molecule has 1 aromatic heterocycles. The van der Waals surface area contributed by atoms with Gasteiger partial charge in [0.25, 0.3) is 0 Å². The van der Waals surface area contributed by atoms with E-state index in [0.29, 0.717) is 5.69 Å². The van der Waals surface area contributed by atoms with Gasteiger partial charge in [-0.1, -0.05) is 12.1 Å². The van der Waals surface area contributed by atoms with Crippen molar-refractivity contribution < 1.29 is 8.78 Å². The number of imidazole rings is 1. The molecule has 0 bridgehead atoms. The van der Waals surface area contributed by atoms with E-state index in [0.717, 1.165) is 11.6 Å². The van der Waals surface area contributed by atoms with Crippen LogP contribution in [-0.4, -0.2) is 9.55 Å². The number of rotatable bonds is 2. The van der Waals surface area contributed by atoms with Crippen LogP contribution in [0.25, 0.3) is 16.7 Å². The highest BCUT2D eigenvalue weighted by Crippen LogP contribution is 2.26. The van der Waals surface area contributed by atoms with Crippen molar-refractivity contribution >= 4 is 17.0 Å². The molecule has 21 heavy (non-hydrogen) atoms. The van der Waals surface area contributed by atoms with Gasteiger partial charge in [0.2, 0.25) is 5.95 Å². The summed E-state index contributed by atoms with van der Waals surface area (Å²) < 4.78 is 28.8. The highest BCUT2D eigenvalue weighted by Gasteiger charge is 2.17. The normalized spacial score (nSPS) is 10.7. The summed E-state index contributed by atoms with van der Waals surface area (Å²) in [6.07, 6.45) is 0.281. The lowest BCUT2D eigenvalue weighted by atomic mass is 10.1. The molecule has 0 amide bonds. The molecular formula is C15H10F2N4. The van der Waals surface area contributed by atoms with E-state index in [1.54, 1.807) is 24.3 Å². The molecular weight excluding hydrogens is 274 g/mol. The van der Waals surface area contributed by atoms with E-state index in [-0.39, 0.29) is 23.4 Å². The fraction of sp³-hybridized carbons (Fsp3) is 0.0667. The molecule has 104 valence electrons. The van der Waals surface area contributed by atoms with Crippen molar-refractivity contribution in [2.24, 2.45) is 0 Å². The summed E-state index contributed by atoms with van der Waals surface area (Å²) in [5, 5.41) is 8.65. The number of benzene rings is 2. The minimum Gasteiger partial charge on any atom is -0.369 e. The molecule has 0 unspecified atom stereocenters. The van der Waals surface area contributed by atoms with Crippen LogP contribution in [0.4, 0.5) is 14.7 Å². The number of nitrogens with zero attached hydrogens (tertiary/aromatic N) is 3. The van der Waals surface area contributed by atoms with E-state index in [1.807, 2.05) is 6.07 Å². The van der Waals surface area contributed by atoms with Crippen molar-refractivity contribution in [1.29, 1.82) is 5.26 Å². The first kappa shape index (κ1) is 13.1. The summed E-state index contributed by atoms with van der Waals surface area (Å²) in [4.78, 5) is 4.03. The number of hydrogen-bond acceptors (Lipinski definition) is 3. The van der Waals surface area contributed by atoms with Gasteiger partial charge in [-0.2, -0.15) is 5.26 Å². The third-order valence-corrected chi connectivity index (χ3v) is 3.21. The summed E-state index contributed by atoms with van der Waals surface area (Å²) in [7, 11) is 0. The Balaban J connectivity index is 2.22. The topological polar surface area (TPSA) is 67.6 Å². The van der Waals surface area contributed by atoms with Crippen LogP contribution in [0.1, 0.15) is 5.56 Å². The first-order valence-corrected chi connectivity index (χ1v) is 6.20. The Morgan fingerprint density at radius 2 is 1.86 bits per heavy atom. The molecule has 0 spiro atoms. The first-order chi connectivity index (χ1) is 10.1. The molecule has 0 aliphatic rings. The lowest BCUT2D eigenvalue weighted by Gasteiger charge is -2.08. The van der Waals surface area contributed by atoms with E-state index >= 15 is 0 Å². The molecule has 1 heterocycles. The van der Waals surface area contributed by atoms with Gasteiger partial charge in [0.15, 0.2) is 11.6 Å². The first-order valence-electron chi connectivity index (χ1n) is 6.20. The van der Waals surface area contributed by atoms with Gasteiger partial charge in [-0.15, -0.1) is 0 Å². The van der Waals surface area contributed by atoms with Gasteiger partial charge < -0.3 is 5.73 Å². The van der Waals surface area contributed by atoms with Crippen molar-refractivity contribution in [3.8, 4) is 11.8 Å². The number of hydrogen-bond donors (Lipinski definition) is 1. The summed E-state index contributed by atoms with van der Waals surface area (Å²) in [5.74, 6) is -1.87. The highest BCUT2D eigenvalue weighted by atomic mass is 19.2. The van der Waals surface area contributed by atoms with Crippen LogP contribution in [0.15, 0.2) is 36.4 Å². The standard InChI is InChI=1S/C15H10F2N4/c16-11-5-6-12-14(13(11)17)21(15(19)20-12)10-3-1-9(2-4-10)7-8-18/h1-6H,7H2,(H2,19,20). The largest absolute Gasteiger partial charge is 0.369 e. The molecule has 0 saturated heterocycles. The second-order valence-electron chi connectivity index (χ2n) is 4.54. The number of anilines is 1. The van der Waals surface area contributed by atoms with Crippen LogP contribution in [-0.2, 0) is 6.42 Å². The summed E-state index contributed by atoms with van der Waals surface area (Å²) in [5.41, 5.74) is 7.48. The van der Waals surface area contributed by atoms with E-state index in [9.17, 15) is 8.78 Å². The lowest BCUT2D eigenvalue weighted by molar-refractivity contribution is 0.514. The number of nitrogens with two attached hydrogens (primary N) is 1. The molecule has 0 atom stereocenters. The van der Waals surface area contributed by atoms with Crippen LogP contribution in [0, 0.1) is 23.0 Å². The van der Waals surface area contributed by atoms with Gasteiger partial charge >= 0.3 is 0 Å². The maximum absolute atomic E-state index is 14.0. The van der Waals surface area contributed by atoms with Gasteiger partial charge in [0.1, 0.15) is 5.52 Å². The molecule has 3 rings (SSSR count). The fourth-order valence-electron chi connectivity index (χ4n) is 2.24. The van der Waals surface area contributed by atoms with Crippen molar-refractivity contribution in [2.75, 3.05) is 5.73 Å². The monoisotopic (exact) mass is 284 g/mol. The third kappa shape index (κ3) is 2.09. The predicted octanol–water partition coefficient (Wildman–Crippen LogP) is 2.95. The van der Waals surface area contributed by atoms with Gasteiger partial charge in [0.05, 0.1) is 18.0 Å². The van der Waals surface area contributed by atoms with Crippen LogP contribution in [0.5, 0.6) is 0 Å². The number of nitrogen functional groups attached to an aromatic ring is 1. The zero-order chi connectivity index (χ0) is 15.0. The van der Waals surface area contributed by atoms with E-state index in [1.165, 1.54) is 10.6 Å². The predicted molar refractivity (Wildman–Crippen MR) is 74.7 cm³/mol. The Hall–Kier alpha value is -2.94. The van der Waals surface area contributed by atoms with E-state index in [4.69, 9.17) is 11.0 Å². The Labute approximate surface area is 119 Å². The minimum atomic E-state index is -0.988. The Morgan fingerprint density at radius 1 is 1.14 bits per heavy atom. The molecule has 0 aliphatic carbocycles. The molecule has 4 nitrogen and oxygen atoms in total. The molecule has 0 aliphatic heterocycles. The van der Waals surface area contributed by atoms with Gasteiger partial charge in [0, 0.05) is 5.69 Å². The lowest BCUT2D eigenvalue weighted by Crippen LogP contribution is -2.02. The number of nitriles is 1. The Kier molecular flexibility index (Phi) is 3.03. The second-order valence-corrected chi connectivity index (χ2v) is 4.54. The molecule has 2 aromatic carbocycles. The molecule has 0 saturated carbocycles. The minimum absolute atomic E-state index is 0.000494. The second kappa shape index (κ2) is 4.87. The van der Waals surface area contributed by atoms with Gasteiger partial charge in [-0.25, -0.2) is 13.8 Å². The molecule has 3 aromatic rings.